The molecule has 2 nitrogen and oxygen atoms in total. The van der Waals surface area contributed by atoms with Gasteiger partial charge in [0.2, 0.25) is 0 Å². The highest BCUT2D eigenvalue weighted by Gasteiger charge is 2.20. The van der Waals surface area contributed by atoms with Crippen molar-refractivity contribution in [3.63, 3.8) is 0 Å². The lowest BCUT2D eigenvalue weighted by atomic mass is 10.1. The summed E-state index contributed by atoms with van der Waals surface area (Å²) in [5.74, 6) is 0. The molecule has 1 saturated heterocycles. The Kier molecular flexibility index (Phi) is 5.08. The van der Waals surface area contributed by atoms with E-state index >= 15 is 0 Å². The van der Waals surface area contributed by atoms with Gasteiger partial charge < -0.3 is 4.57 Å². The smallest absolute Gasteiger partial charge is 0.0661 e. The van der Waals surface area contributed by atoms with E-state index in [1.807, 2.05) is 24.3 Å². The first kappa shape index (κ1) is 17.7. The van der Waals surface area contributed by atoms with Crippen LogP contribution in [-0.2, 0) is 6.54 Å². The molecule has 2 aromatic carbocycles. The van der Waals surface area contributed by atoms with Crippen LogP contribution in [0.3, 0.4) is 0 Å². The Bertz CT molecular complexity index is 909. The number of likely N-dealkylation sites (tertiary alicyclic amines) is 1. The first-order chi connectivity index (χ1) is 12.6. The molecule has 1 aromatic heterocycles. The van der Waals surface area contributed by atoms with Gasteiger partial charge in [-0.25, -0.2) is 0 Å². The number of benzene rings is 2. The summed E-state index contributed by atoms with van der Waals surface area (Å²) in [5.41, 5.74) is 5.92. The third-order valence-electron chi connectivity index (χ3n) is 5.16. The summed E-state index contributed by atoms with van der Waals surface area (Å²) in [4.78, 5) is 2.53. The summed E-state index contributed by atoms with van der Waals surface area (Å²) < 4.78 is 2.26. The Hall–Kier alpha value is -1.74. The number of rotatable bonds is 4. The van der Waals surface area contributed by atoms with Gasteiger partial charge in [-0.1, -0.05) is 53.5 Å². The minimum Gasteiger partial charge on any atom is -0.312 e. The van der Waals surface area contributed by atoms with Gasteiger partial charge >= 0.3 is 0 Å². The quantitative estimate of drug-likeness (QED) is 0.508. The molecule has 0 aliphatic carbocycles. The molecule has 3 aromatic rings. The van der Waals surface area contributed by atoms with Crippen molar-refractivity contribution < 1.29 is 0 Å². The third-order valence-corrected chi connectivity index (χ3v) is 5.70. The first-order valence-corrected chi connectivity index (χ1v) is 9.83. The number of aromatic nitrogens is 1. The predicted octanol–water partition coefficient (Wildman–Crippen LogP) is 6.36. The van der Waals surface area contributed by atoms with Crippen LogP contribution in [0.1, 0.15) is 24.1 Å². The molecule has 134 valence electrons. The fraction of sp³-hybridized carbons (Fsp3) is 0.273. The second kappa shape index (κ2) is 7.48. The van der Waals surface area contributed by atoms with Crippen LogP contribution >= 0.6 is 23.2 Å². The highest BCUT2D eigenvalue weighted by molar-refractivity contribution is 6.35. The monoisotopic (exact) mass is 384 g/mol. The fourth-order valence-corrected chi connectivity index (χ4v) is 4.29. The zero-order valence-corrected chi connectivity index (χ0v) is 16.4. The molecule has 1 aliphatic rings. The largest absolute Gasteiger partial charge is 0.312 e. The Balaban J connectivity index is 1.85. The lowest BCUT2D eigenvalue weighted by molar-refractivity contribution is 0.330. The molecular formula is C22H22Cl2N2. The van der Waals surface area contributed by atoms with Gasteiger partial charge in [0, 0.05) is 17.3 Å². The molecule has 0 spiro atoms. The predicted molar refractivity (Wildman–Crippen MR) is 110 cm³/mol. The molecule has 4 rings (SSSR count). The Morgan fingerprint density at radius 1 is 0.923 bits per heavy atom. The van der Waals surface area contributed by atoms with Crippen molar-refractivity contribution in [3.8, 4) is 16.9 Å². The molecule has 0 radical (unpaired) electrons. The van der Waals surface area contributed by atoms with E-state index in [9.17, 15) is 0 Å². The molecular weight excluding hydrogens is 363 g/mol. The van der Waals surface area contributed by atoms with Gasteiger partial charge in [-0.05, 0) is 68.2 Å². The molecule has 1 aliphatic heterocycles. The lowest BCUT2D eigenvalue weighted by Crippen LogP contribution is -2.18. The van der Waals surface area contributed by atoms with Crippen molar-refractivity contribution in [2.24, 2.45) is 0 Å². The Morgan fingerprint density at radius 2 is 1.65 bits per heavy atom. The van der Waals surface area contributed by atoms with Crippen LogP contribution in [0, 0.1) is 6.92 Å². The number of nitrogens with zero attached hydrogens (tertiary/aromatic N) is 2. The first-order valence-electron chi connectivity index (χ1n) is 9.08. The zero-order valence-electron chi connectivity index (χ0n) is 14.9. The summed E-state index contributed by atoms with van der Waals surface area (Å²) in [6, 6.07) is 18.5. The molecule has 0 saturated carbocycles. The van der Waals surface area contributed by atoms with Crippen molar-refractivity contribution >= 4 is 23.2 Å². The maximum Gasteiger partial charge on any atom is 0.0661 e. The molecule has 0 bridgehead atoms. The van der Waals surface area contributed by atoms with Crippen LogP contribution in [0.5, 0.6) is 0 Å². The van der Waals surface area contributed by atoms with E-state index in [0.29, 0.717) is 10.0 Å². The number of hydrogen-bond donors (Lipinski definition) is 0. The van der Waals surface area contributed by atoms with E-state index < -0.39 is 0 Å². The van der Waals surface area contributed by atoms with Gasteiger partial charge in [-0.3, -0.25) is 4.90 Å². The molecule has 0 amide bonds. The molecule has 1 fully saturated rings. The van der Waals surface area contributed by atoms with Gasteiger partial charge in [-0.2, -0.15) is 0 Å². The number of halogens is 2. The average Bonchev–Trinajstić information content (AvgIpc) is 3.25. The van der Waals surface area contributed by atoms with Crippen LogP contribution in [0.25, 0.3) is 16.9 Å². The van der Waals surface area contributed by atoms with Crippen LogP contribution in [0.4, 0.5) is 0 Å². The maximum absolute atomic E-state index is 6.56. The molecule has 0 N–H and O–H groups in total. The highest BCUT2D eigenvalue weighted by atomic mass is 35.5. The van der Waals surface area contributed by atoms with Crippen molar-refractivity contribution in [2.45, 2.75) is 26.3 Å². The third kappa shape index (κ3) is 3.42. The van der Waals surface area contributed by atoms with Crippen LogP contribution in [-0.4, -0.2) is 22.6 Å². The van der Waals surface area contributed by atoms with Crippen molar-refractivity contribution in [3.05, 3.63) is 75.9 Å². The zero-order chi connectivity index (χ0) is 18.1. The lowest BCUT2D eigenvalue weighted by Gasteiger charge is -2.16. The van der Waals surface area contributed by atoms with E-state index in [1.54, 1.807) is 0 Å². The van der Waals surface area contributed by atoms with E-state index in [0.717, 1.165) is 12.2 Å². The minimum atomic E-state index is 0.655. The van der Waals surface area contributed by atoms with Gasteiger partial charge in [0.1, 0.15) is 0 Å². The fourth-order valence-electron chi connectivity index (χ4n) is 3.79. The Labute approximate surface area is 165 Å². The van der Waals surface area contributed by atoms with E-state index in [1.165, 1.54) is 48.4 Å². The van der Waals surface area contributed by atoms with Gasteiger partial charge in [0.25, 0.3) is 0 Å². The molecule has 26 heavy (non-hydrogen) atoms. The minimum absolute atomic E-state index is 0.655. The highest BCUT2D eigenvalue weighted by Crippen LogP contribution is 2.34. The molecule has 0 atom stereocenters. The van der Waals surface area contributed by atoms with Gasteiger partial charge in [-0.15, -0.1) is 0 Å². The second-order valence-electron chi connectivity index (χ2n) is 6.92. The normalized spacial score (nSPS) is 14.9. The van der Waals surface area contributed by atoms with Gasteiger partial charge in [0.15, 0.2) is 0 Å². The van der Waals surface area contributed by atoms with Crippen LogP contribution < -0.4 is 0 Å². The summed E-state index contributed by atoms with van der Waals surface area (Å²) in [6.07, 6.45) is 2.60. The summed E-state index contributed by atoms with van der Waals surface area (Å²) in [5, 5.41) is 1.32. The second-order valence-corrected chi connectivity index (χ2v) is 7.76. The molecule has 0 unspecified atom stereocenters. The van der Waals surface area contributed by atoms with E-state index in [2.05, 4.69) is 46.7 Å². The van der Waals surface area contributed by atoms with Gasteiger partial charge in [0.05, 0.1) is 16.4 Å². The molecule has 4 heteroatoms. The standard InChI is InChI=1S/C22H22Cl2N2/c1-16-18(15-25-11-5-6-12-25)13-22(17-7-3-2-4-8-17)26(16)21-10-9-19(23)14-20(21)24/h2-4,7-10,13-14H,5-6,11-12,15H2,1H3. The van der Waals surface area contributed by atoms with Crippen LogP contribution in [0.2, 0.25) is 10.0 Å². The van der Waals surface area contributed by atoms with Crippen LogP contribution in [0.15, 0.2) is 54.6 Å². The van der Waals surface area contributed by atoms with Crippen molar-refractivity contribution in [2.75, 3.05) is 13.1 Å². The number of hydrogen-bond acceptors (Lipinski definition) is 1. The van der Waals surface area contributed by atoms with E-state index in [4.69, 9.17) is 23.2 Å². The molecule has 2 heterocycles. The maximum atomic E-state index is 6.56. The van der Waals surface area contributed by atoms with Crippen molar-refractivity contribution in [1.29, 1.82) is 0 Å². The SMILES string of the molecule is Cc1c(CN2CCCC2)cc(-c2ccccc2)n1-c1ccc(Cl)cc1Cl. The Morgan fingerprint density at radius 3 is 2.35 bits per heavy atom. The van der Waals surface area contributed by atoms with E-state index in [-0.39, 0.29) is 0 Å². The topological polar surface area (TPSA) is 8.17 Å². The van der Waals surface area contributed by atoms with Crippen molar-refractivity contribution in [1.82, 2.24) is 9.47 Å². The summed E-state index contributed by atoms with van der Waals surface area (Å²) in [7, 11) is 0. The summed E-state index contributed by atoms with van der Waals surface area (Å²) in [6.45, 7) is 5.55. The average molecular weight is 385 g/mol. The summed E-state index contributed by atoms with van der Waals surface area (Å²) >= 11 is 12.7.